The molecule has 126 valence electrons. The Bertz CT molecular complexity index is 788. The average molecular weight is 330 g/mol. The first-order valence-electron chi connectivity index (χ1n) is 7.91. The average Bonchev–Trinajstić information content (AvgIpc) is 2.62. The van der Waals surface area contributed by atoms with Gasteiger partial charge in [0.2, 0.25) is 0 Å². The number of likely N-dealkylation sites (tertiary alicyclic amines) is 1. The van der Waals surface area contributed by atoms with Gasteiger partial charge in [0.15, 0.2) is 0 Å². The van der Waals surface area contributed by atoms with Crippen LogP contribution in [0, 0.1) is 5.82 Å². The molecule has 7 heteroatoms. The summed E-state index contributed by atoms with van der Waals surface area (Å²) in [6, 6.07) is 8.42. The van der Waals surface area contributed by atoms with Crippen molar-refractivity contribution in [1.82, 2.24) is 20.0 Å². The number of piperidine rings is 1. The molecule has 1 aliphatic rings. The summed E-state index contributed by atoms with van der Waals surface area (Å²) in [5, 5.41) is 7.36. The topological polar surface area (TPSA) is 67.2 Å². The third kappa shape index (κ3) is 3.35. The van der Waals surface area contributed by atoms with Crippen LogP contribution in [0.4, 0.5) is 4.39 Å². The van der Waals surface area contributed by atoms with E-state index in [1.807, 2.05) is 7.05 Å². The van der Waals surface area contributed by atoms with E-state index in [4.69, 9.17) is 0 Å². The number of carbonyl (C=O) groups is 1. The van der Waals surface area contributed by atoms with Gasteiger partial charge in [0.05, 0.1) is 5.69 Å². The number of nitrogens with zero attached hydrogens (tertiary/aromatic N) is 3. The van der Waals surface area contributed by atoms with Crippen molar-refractivity contribution in [2.24, 2.45) is 0 Å². The number of benzene rings is 1. The van der Waals surface area contributed by atoms with E-state index in [1.54, 1.807) is 4.90 Å². The van der Waals surface area contributed by atoms with Crippen molar-refractivity contribution < 1.29 is 9.18 Å². The molecule has 1 N–H and O–H groups in total. The number of nitrogens with one attached hydrogen (secondary N) is 1. The zero-order valence-corrected chi connectivity index (χ0v) is 13.4. The number of halogens is 1. The van der Waals surface area contributed by atoms with E-state index >= 15 is 0 Å². The number of hydrogen-bond donors (Lipinski definition) is 1. The SMILES string of the molecule is CN[C@@H]1CCCN(C(=O)c2ccc(=O)n(-c3ccc(F)cc3)n2)C1. The standard InChI is InChI=1S/C17H19FN4O2/c1-19-13-3-2-10-21(11-13)17(24)15-8-9-16(23)22(20-15)14-6-4-12(18)5-7-14/h4-9,13,19H,2-3,10-11H2,1H3/t13-/m1/s1. The lowest BCUT2D eigenvalue weighted by Gasteiger charge is -2.32. The Morgan fingerprint density at radius 3 is 2.71 bits per heavy atom. The van der Waals surface area contributed by atoms with E-state index in [1.165, 1.54) is 36.4 Å². The van der Waals surface area contributed by atoms with Crippen molar-refractivity contribution in [3.63, 3.8) is 0 Å². The highest BCUT2D eigenvalue weighted by atomic mass is 19.1. The molecule has 6 nitrogen and oxygen atoms in total. The van der Waals surface area contributed by atoms with Gasteiger partial charge in [0.1, 0.15) is 11.5 Å². The van der Waals surface area contributed by atoms with Gasteiger partial charge in [-0.3, -0.25) is 9.59 Å². The molecule has 2 heterocycles. The molecule has 1 aromatic heterocycles. The van der Waals surface area contributed by atoms with Crippen molar-refractivity contribution in [3.05, 3.63) is 58.3 Å². The van der Waals surface area contributed by atoms with E-state index in [2.05, 4.69) is 10.4 Å². The number of hydrogen-bond acceptors (Lipinski definition) is 4. The highest BCUT2D eigenvalue weighted by Crippen LogP contribution is 2.13. The lowest BCUT2D eigenvalue weighted by molar-refractivity contribution is 0.0690. The first-order valence-corrected chi connectivity index (χ1v) is 7.91. The van der Waals surface area contributed by atoms with Crippen molar-refractivity contribution >= 4 is 5.91 Å². The van der Waals surface area contributed by atoms with E-state index < -0.39 is 5.82 Å². The monoisotopic (exact) mass is 330 g/mol. The van der Waals surface area contributed by atoms with Crippen LogP contribution in [-0.4, -0.2) is 46.8 Å². The Labute approximate surface area is 138 Å². The fourth-order valence-electron chi connectivity index (χ4n) is 2.85. The van der Waals surface area contributed by atoms with E-state index in [9.17, 15) is 14.0 Å². The molecule has 24 heavy (non-hydrogen) atoms. The molecule has 0 aliphatic carbocycles. The molecule has 1 saturated heterocycles. The number of rotatable bonds is 3. The molecular formula is C17H19FN4O2. The van der Waals surface area contributed by atoms with Crippen LogP contribution in [0.1, 0.15) is 23.3 Å². The summed E-state index contributed by atoms with van der Waals surface area (Å²) >= 11 is 0. The van der Waals surface area contributed by atoms with Crippen LogP contribution < -0.4 is 10.9 Å². The van der Waals surface area contributed by atoms with Gasteiger partial charge in [0, 0.05) is 25.2 Å². The van der Waals surface area contributed by atoms with Crippen LogP contribution >= 0.6 is 0 Å². The van der Waals surface area contributed by atoms with Gasteiger partial charge in [-0.25, -0.2) is 4.39 Å². The maximum atomic E-state index is 13.0. The summed E-state index contributed by atoms with van der Waals surface area (Å²) in [7, 11) is 1.88. The molecule has 2 aromatic rings. The predicted octanol–water partition coefficient (Wildman–Crippen LogP) is 1.20. The van der Waals surface area contributed by atoms with Crippen LogP contribution in [0.5, 0.6) is 0 Å². The van der Waals surface area contributed by atoms with Crippen LogP contribution in [0.25, 0.3) is 5.69 Å². The van der Waals surface area contributed by atoms with E-state index in [-0.39, 0.29) is 23.2 Å². The maximum Gasteiger partial charge on any atom is 0.274 e. The minimum atomic E-state index is -0.398. The zero-order chi connectivity index (χ0) is 17.1. The van der Waals surface area contributed by atoms with E-state index in [0.717, 1.165) is 17.5 Å². The van der Waals surface area contributed by atoms with Gasteiger partial charge in [-0.1, -0.05) is 0 Å². The third-order valence-corrected chi connectivity index (χ3v) is 4.21. The van der Waals surface area contributed by atoms with Gasteiger partial charge >= 0.3 is 0 Å². The summed E-state index contributed by atoms with van der Waals surface area (Å²) in [5.41, 5.74) is 0.253. The molecule has 1 atom stereocenters. The van der Waals surface area contributed by atoms with Gasteiger partial charge in [-0.15, -0.1) is 0 Å². The Kier molecular flexibility index (Phi) is 4.71. The largest absolute Gasteiger partial charge is 0.336 e. The van der Waals surface area contributed by atoms with Gasteiger partial charge in [0.25, 0.3) is 11.5 Å². The van der Waals surface area contributed by atoms with Crippen molar-refractivity contribution in [1.29, 1.82) is 0 Å². The van der Waals surface area contributed by atoms with Gasteiger partial charge in [-0.2, -0.15) is 9.78 Å². The second-order valence-corrected chi connectivity index (χ2v) is 5.82. The molecule has 0 unspecified atom stereocenters. The van der Waals surface area contributed by atoms with Crippen molar-refractivity contribution in [2.75, 3.05) is 20.1 Å². The molecule has 0 saturated carbocycles. The Morgan fingerprint density at radius 2 is 2.00 bits per heavy atom. The molecule has 3 rings (SSSR count). The fourth-order valence-corrected chi connectivity index (χ4v) is 2.85. The summed E-state index contributed by atoms with van der Waals surface area (Å²) < 4.78 is 14.2. The molecule has 0 spiro atoms. The zero-order valence-electron chi connectivity index (χ0n) is 13.4. The lowest BCUT2D eigenvalue weighted by Crippen LogP contribution is -2.47. The highest BCUT2D eigenvalue weighted by Gasteiger charge is 2.24. The van der Waals surface area contributed by atoms with Crippen molar-refractivity contribution in [3.8, 4) is 5.69 Å². The molecule has 0 bridgehead atoms. The lowest BCUT2D eigenvalue weighted by atomic mass is 10.1. The Balaban J connectivity index is 1.89. The second kappa shape index (κ2) is 6.92. The van der Waals surface area contributed by atoms with Crippen molar-refractivity contribution in [2.45, 2.75) is 18.9 Å². The number of carbonyl (C=O) groups excluding carboxylic acids is 1. The number of likely N-dealkylation sites (N-methyl/N-ethyl adjacent to an activating group) is 1. The first kappa shape index (κ1) is 16.3. The van der Waals surface area contributed by atoms with Gasteiger partial charge in [-0.05, 0) is 50.2 Å². The number of amides is 1. The van der Waals surface area contributed by atoms with Crippen LogP contribution in [0.15, 0.2) is 41.2 Å². The first-order chi connectivity index (χ1) is 11.6. The third-order valence-electron chi connectivity index (χ3n) is 4.21. The number of aromatic nitrogens is 2. The Hall–Kier alpha value is -2.54. The van der Waals surface area contributed by atoms with Crippen LogP contribution in [0.3, 0.4) is 0 Å². The minimum Gasteiger partial charge on any atom is -0.336 e. The molecular weight excluding hydrogens is 311 g/mol. The van der Waals surface area contributed by atoms with E-state index in [0.29, 0.717) is 18.8 Å². The molecule has 1 amide bonds. The quantitative estimate of drug-likeness (QED) is 0.918. The minimum absolute atomic E-state index is 0.203. The summed E-state index contributed by atoms with van der Waals surface area (Å²) in [5.74, 6) is -0.601. The predicted molar refractivity (Wildman–Crippen MR) is 87.8 cm³/mol. The van der Waals surface area contributed by atoms with Crippen LogP contribution in [-0.2, 0) is 0 Å². The second-order valence-electron chi connectivity index (χ2n) is 5.82. The normalized spacial score (nSPS) is 17.8. The molecule has 1 fully saturated rings. The van der Waals surface area contributed by atoms with Gasteiger partial charge < -0.3 is 10.2 Å². The van der Waals surface area contributed by atoms with Crippen LogP contribution in [0.2, 0.25) is 0 Å². The molecule has 0 radical (unpaired) electrons. The Morgan fingerprint density at radius 1 is 1.25 bits per heavy atom. The fraction of sp³-hybridized carbons (Fsp3) is 0.353. The summed E-state index contributed by atoms with van der Waals surface area (Å²) in [6.45, 7) is 1.29. The highest BCUT2D eigenvalue weighted by molar-refractivity contribution is 5.92. The maximum absolute atomic E-state index is 13.0. The summed E-state index contributed by atoms with van der Waals surface area (Å²) in [6.07, 6.45) is 1.96. The summed E-state index contributed by atoms with van der Waals surface area (Å²) in [4.78, 5) is 26.4. The molecule has 1 aliphatic heterocycles. The molecule has 1 aromatic carbocycles. The smallest absolute Gasteiger partial charge is 0.274 e.